The predicted octanol–water partition coefficient (Wildman–Crippen LogP) is 1.65. The highest BCUT2D eigenvalue weighted by atomic mass is 31.0. The highest BCUT2D eigenvalue weighted by molar-refractivity contribution is 7.16. The van der Waals surface area contributed by atoms with Crippen LogP contribution in [0.3, 0.4) is 0 Å². The number of rotatable bonds is 3. The highest BCUT2D eigenvalue weighted by Gasteiger charge is 1.94. The first-order chi connectivity index (χ1) is 5.84. The lowest BCUT2D eigenvalue weighted by atomic mass is 10.2. The lowest BCUT2D eigenvalue weighted by Crippen LogP contribution is -1.95. The first-order valence-electron chi connectivity index (χ1n) is 3.61. The number of hydrogen-bond donors (Lipinski definition) is 0. The van der Waals surface area contributed by atoms with Crippen LogP contribution < -0.4 is 0 Å². The van der Waals surface area contributed by atoms with Gasteiger partial charge in [0.1, 0.15) is 6.35 Å². The van der Waals surface area contributed by atoms with Gasteiger partial charge in [0.15, 0.2) is 0 Å². The van der Waals surface area contributed by atoms with E-state index in [-0.39, 0.29) is 0 Å². The molecule has 1 rings (SSSR count). The van der Waals surface area contributed by atoms with Crippen LogP contribution in [0.4, 0.5) is 0 Å². The molecule has 1 heterocycles. The minimum atomic E-state index is 0.516. The van der Waals surface area contributed by atoms with E-state index in [1.807, 2.05) is 19.1 Å². The molecule has 1 aromatic heterocycles. The molecule has 0 saturated carbocycles. The normalized spacial score (nSPS) is 11.3. The fraction of sp³-hybridized carbons (Fsp3) is 0.250. The molecular weight excluding hydrogens is 171 g/mol. The second kappa shape index (κ2) is 4.83. The second-order valence-corrected chi connectivity index (χ2v) is 2.54. The van der Waals surface area contributed by atoms with E-state index in [0.29, 0.717) is 6.35 Å². The Bertz CT molecular complexity index is 261. The number of pyridine rings is 1. The lowest BCUT2D eigenvalue weighted by molar-refractivity contribution is 0.196. The molecule has 3 nitrogen and oxygen atoms in total. The monoisotopic (exact) mass is 182 g/mol. The van der Waals surface area contributed by atoms with Crippen LogP contribution in [0.5, 0.6) is 0 Å². The molecule has 1 atom stereocenters. The zero-order valence-corrected chi connectivity index (χ0v) is 8.05. The van der Waals surface area contributed by atoms with Crippen LogP contribution >= 0.6 is 9.24 Å². The molecule has 0 saturated heterocycles. The highest BCUT2D eigenvalue weighted by Crippen LogP contribution is 1.99. The zero-order valence-electron chi connectivity index (χ0n) is 6.90. The smallest absolute Gasteiger partial charge is 0.129 e. The van der Waals surface area contributed by atoms with Crippen LogP contribution in [0, 0.1) is 0 Å². The molecule has 1 unspecified atom stereocenters. The summed E-state index contributed by atoms with van der Waals surface area (Å²) in [5, 5.41) is 3.88. The predicted molar refractivity (Wildman–Crippen MR) is 52.1 cm³/mol. The van der Waals surface area contributed by atoms with Gasteiger partial charge >= 0.3 is 0 Å². The molecule has 0 N–H and O–H groups in total. The molecule has 1 aromatic rings. The minimum absolute atomic E-state index is 0.516. The van der Waals surface area contributed by atoms with Crippen molar-refractivity contribution in [3.05, 3.63) is 30.1 Å². The molecule has 0 aliphatic rings. The maximum absolute atomic E-state index is 4.88. The molecule has 0 aliphatic carbocycles. The summed E-state index contributed by atoms with van der Waals surface area (Å²) in [6, 6.07) is 3.79. The number of oxime groups is 1. The average molecular weight is 182 g/mol. The van der Waals surface area contributed by atoms with Gasteiger partial charge in [0, 0.05) is 18.0 Å². The van der Waals surface area contributed by atoms with Crippen LogP contribution in [-0.2, 0) is 4.84 Å². The van der Waals surface area contributed by atoms with Crippen molar-refractivity contribution >= 4 is 15.0 Å². The van der Waals surface area contributed by atoms with E-state index in [9.17, 15) is 0 Å². The van der Waals surface area contributed by atoms with Gasteiger partial charge in [-0.05, 0) is 19.1 Å². The summed E-state index contributed by atoms with van der Waals surface area (Å²) in [4.78, 5) is 8.79. The largest absolute Gasteiger partial charge is 0.392 e. The van der Waals surface area contributed by atoms with E-state index in [4.69, 9.17) is 4.84 Å². The van der Waals surface area contributed by atoms with Gasteiger partial charge in [0.25, 0.3) is 0 Å². The van der Waals surface area contributed by atoms with Crippen LogP contribution in [0.25, 0.3) is 0 Å². The molecule has 12 heavy (non-hydrogen) atoms. The first-order valence-corrected chi connectivity index (χ1v) is 4.43. The Morgan fingerprint density at radius 2 is 2.25 bits per heavy atom. The summed E-state index contributed by atoms with van der Waals surface area (Å²) in [6.45, 7) is 1.90. The molecule has 0 fully saturated rings. The van der Waals surface area contributed by atoms with E-state index < -0.39 is 0 Å². The van der Waals surface area contributed by atoms with Crippen molar-refractivity contribution in [3.63, 3.8) is 0 Å². The minimum Gasteiger partial charge on any atom is -0.392 e. The van der Waals surface area contributed by atoms with E-state index in [2.05, 4.69) is 19.4 Å². The maximum atomic E-state index is 4.88. The Hall–Kier alpha value is -0.950. The molecule has 4 heteroatoms. The van der Waals surface area contributed by atoms with E-state index in [1.165, 1.54) is 0 Å². The van der Waals surface area contributed by atoms with Gasteiger partial charge in [-0.1, -0.05) is 14.4 Å². The topological polar surface area (TPSA) is 34.5 Å². The second-order valence-electron chi connectivity index (χ2n) is 2.21. The van der Waals surface area contributed by atoms with Crippen molar-refractivity contribution in [1.82, 2.24) is 4.98 Å². The standard InChI is InChI=1S/C8H11N2OP/c1-7(10-11-6-12)8-2-4-9-5-3-8/h2-5H,6,12H2,1H3/b10-7+. The summed E-state index contributed by atoms with van der Waals surface area (Å²) in [7, 11) is 2.44. The molecule has 0 aromatic carbocycles. The van der Waals surface area contributed by atoms with Crippen molar-refractivity contribution in [2.24, 2.45) is 5.16 Å². The summed E-state index contributed by atoms with van der Waals surface area (Å²) >= 11 is 0. The van der Waals surface area contributed by atoms with E-state index >= 15 is 0 Å². The third kappa shape index (κ3) is 2.59. The Morgan fingerprint density at radius 3 is 2.83 bits per heavy atom. The Morgan fingerprint density at radius 1 is 1.58 bits per heavy atom. The van der Waals surface area contributed by atoms with E-state index in [1.54, 1.807) is 12.4 Å². The van der Waals surface area contributed by atoms with Crippen molar-refractivity contribution < 1.29 is 4.84 Å². The SMILES string of the molecule is C/C(=N\OCP)c1ccncc1. The summed E-state index contributed by atoms with van der Waals surface area (Å²) in [6.07, 6.45) is 3.98. The average Bonchev–Trinajstić information content (AvgIpc) is 2.15. The molecule has 0 spiro atoms. The van der Waals surface area contributed by atoms with Gasteiger partial charge in [-0.15, -0.1) is 0 Å². The van der Waals surface area contributed by atoms with E-state index in [0.717, 1.165) is 11.3 Å². The maximum Gasteiger partial charge on any atom is 0.129 e. The van der Waals surface area contributed by atoms with Gasteiger partial charge in [-0.25, -0.2) is 0 Å². The Labute approximate surface area is 74.0 Å². The quantitative estimate of drug-likeness (QED) is 0.404. The molecule has 0 bridgehead atoms. The van der Waals surface area contributed by atoms with Crippen LogP contribution in [0.15, 0.2) is 29.7 Å². The molecular formula is C8H11N2OP. The number of aromatic nitrogens is 1. The summed E-state index contributed by atoms with van der Waals surface area (Å²) < 4.78 is 0. The third-order valence-corrected chi connectivity index (χ3v) is 1.52. The zero-order chi connectivity index (χ0) is 8.81. The molecule has 0 radical (unpaired) electrons. The van der Waals surface area contributed by atoms with Crippen molar-refractivity contribution in [1.29, 1.82) is 0 Å². The Balaban J connectivity index is 2.71. The third-order valence-electron chi connectivity index (χ3n) is 1.37. The van der Waals surface area contributed by atoms with Crippen molar-refractivity contribution in [2.45, 2.75) is 6.92 Å². The molecule has 0 aliphatic heterocycles. The fourth-order valence-corrected chi connectivity index (χ4v) is 0.854. The van der Waals surface area contributed by atoms with Gasteiger partial charge in [-0.2, -0.15) is 0 Å². The van der Waals surface area contributed by atoms with Crippen LogP contribution in [-0.4, -0.2) is 17.0 Å². The Kier molecular flexibility index (Phi) is 3.68. The van der Waals surface area contributed by atoms with Crippen LogP contribution in [0.2, 0.25) is 0 Å². The first kappa shape index (κ1) is 9.14. The van der Waals surface area contributed by atoms with Crippen molar-refractivity contribution in [2.75, 3.05) is 6.35 Å². The summed E-state index contributed by atoms with van der Waals surface area (Å²) in [5.74, 6) is 0. The lowest BCUT2D eigenvalue weighted by Gasteiger charge is -1.98. The van der Waals surface area contributed by atoms with Crippen molar-refractivity contribution in [3.8, 4) is 0 Å². The van der Waals surface area contributed by atoms with Gasteiger partial charge < -0.3 is 4.84 Å². The van der Waals surface area contributed by atoms with Gasteiger partial charge in [-0.3, -0.25) is 4.98 Å². The number of nitrogens with zero attached hydrogens (tertiary/aromatic N) is 2. The van der Waals surface area contributed by atoms with Gasteiger partial charge in [0.2, 0.25) is 0 Å². The molecule has 64 valence electrons. The van der Waals surface area contributed by atoms with Gasteiger partial charge in [0.05, 0.1) is 5.71 Å². The summed E-state index contributed by atoms with van der Waals surface area (Å²) in [5.41, 5.74) is 1.89. The fourth-order valence-electron chi connectivity index (χ4n) is 0.780. The number of hydrogen-bond acceptors (Lipinski definition) is 3. The molecule has 0 amide bonds. The van der Waals surface area contributed by atoms with Crippen LogP contribution in [0.1, 0.15) is 12.5 Å².